The zero-order valence-electron chi connectivity index (χ0n) is 15.8. The van der Waals surface area contributed by atoms with E-state index in [0.717, 1.165) is 0 Å². The molecule has 0 spiro atoms. The summed E-state index contributed by atoms with van der Waals surface area (Å²) in [5.74, 6) is 0. The molecule has 0 N–H and O–H groups in total. The normalized spacial score (nSPS) is 16.5. The van der Waals surface area contributed by atoms with Gasteiger partial charge in [0.05, 0.1) is 0 Å². The van der Waals surface area contributed by atoms with E-state index in [1.807, 2.05) is 0 Å². The van der Waals surface area contributed by atoms with Crippen LogP contribution in [0.3, 0.4) is 0 Å². The first-order valence-corrected chi connectivity index (χ1v) is 17.6. The minimum absolute atomic E-state index is 0.560. The van der Waals surface area contributed by atoms with Crippen LogP contribution < -0.4 is 0 Å². The first-order valence-electron chi connectivity index (χ1n) is 10.1. The van der Waals surface area contributed by atoms with Gasteiger partial charge >= 0.3 is 145 Å². The van der Waals surface area contributed by atoms with Gasteiger partial charge in [0.15, 0.2) is 0 Å². The van der Waals surface area contributed by atoms with Gasteiger partial charge in [0.1, 0.15) is 0 Å². The Hall–Kier alpha value is 0.279. The second kappa shape index (κ2) is 10.9. The maximum absolute atomic E-state index is 2.67. The van der Waals surface area contributed by atoms with Crippen LogP contribution in [0.1, 0.15) is 85.5 Å². The van der Waals surface area contributed by atoms with Crippen LogP contribution in [0, 0.1) is 0 Å². The summed E-state index contributed by atoms with van der Waals surface area (Å²) in [5, 5.41) is 0. The fourth-order valence-corrected chi connectivity index (χ4v) is 23.9. The van der Waals surface area contributed by atoms with Gasteiger partial charge in [-0.15, -0.1) is 0 Å². The zero-order valence-corrected chi connectivity index (χ0v) is 18.6. The van der Waals surface area contributed by atoms with Crippen molar-refractivity contribution < 1.29 is 0 Å². The van der Waals surface area contributed by atoms with Crippen molar-refractivity contribution in [3.8, 4) is 0 Å². The van der Waals surface area contributed by atoms with Crippen LogP contribution >= 0.6 is 0 Å². The van der Waals surface area contributed by atoms with Crippen molar-refractivity contribution in [3.63, 3.8) is 0 Å². The average Bonchev–Trinajstić information content (AvgIpc) is 3.03. The molecule has 0 aliphatic heterocycles. The molecule has 1 heteroatoms. The molecule has 0 heterocycles. The molecule has 0 unspecified atom stereocenters. The van der Waals surface area contributed by atoms with Crippen molar-refractivity contribution >= 4 is 18.4 Å². The monoisotopic (exact) mass is 412 g/mol. The molecule has 0 aromatic rings. The number of hydrogen-bond acceptors (Lipinski definition) is 0. The summed E-state index contributed by atoms with van der Waals surface area (Å²) >= 11 is -2.21. The van der Waals surface area contributed by atoms with E-state index in [-0.39, 0.29) is 0 Å². The summed E-state index contributed by atoms with van der Waals surface area (Å²) in [6.45, 7) is 9.51. The second-order valence-electron chi connectivity index (χ2n) is 7.45. The zero-order chi connectivity index (χ0) is 16.3. The van der Waals surface area contributed by atoms with Gasteiger partial charge in [0, 0.05) is 0 Å². The Balaban J connectivity index is 3.09. The van der Waals surface area contributed by atoms with E-state index in [1.165, 1.54) is 57.8 Å². The van der Waals surface area contributed by atoms with Gasteiger partial charge in [-0.25, -0.2) is 0 Å². The van der Waals surface area contributed by atoms with Crippen LogP contribution in [0.4, 0.5) is 0 Å². The minimum atomic E-state index is -2.21. The van der Waals surface area contributed by atoms with E-state index in [0.29, 0.717) is 3.43 Å². The molecule has 22 heavy (non-hydrogen) atoms. The fraction of sp³-hybridized carbons (Fsp3) is 0.810. The van der Waals surface area contributed by atoms with E-state index in [4.69, 9.17) is 0 Å². The van der Waals surface area contributed by atoms with E-state index >= 15 is 0 Å². The van der Waals surface area contributed by atoms with Crippen molar-refractivity contribution in [2.45, 2.75) is 102 Å². The Labute approximate surface area is 144 Å². The van der Waals surface area contributed by atoms with Crippen LogP contribution in [0.15, 0.2) is 24.3 Å². The summed E-state index contributed by atoms with van der Waals surface area (Å²) in [7, 11) is 0. The Morgan fingerprint density at radius 1 is 0.636 bits per heavy atom. The number of rotatable bonds is 13. The maximum atomic E-state index is 2.67. The number of unbranched alkanes of at least 4 members (excludes halogenated alkanes) is 4. The predicted octanol–water partition coefficient (Wildman–Crippen LogP) is 7.89. The topological polar surface area (TPSA) is 0 Å². The predicted molar refractivity (Wildman–Crippen MR) is 105 cm³/mol. The van der Waals surface area contributed by atoms with Crippen molar-refractivity contribution in [2.24, 2.45) is 0 Å². The quantitative estimate of drug-likeness (QED) is 0.270. The standard InChI is InChI=1S/C9H13.3C4H9.Sn/c1-2-3-6-9-7-4-5-8-9;3*1-3-4-2;/h4-5,7-8H,2-3,6H2,1H3;3*1,3-4H2,2H3;. The second-order valence-corrected chi connectivity index (χ2v) is 21.7. The van der Waals surface area contributed by atoms with Crippen LogP contribution in [0.25, 0.3) is 0 Å². The summed E-state index contributed by atoms with van der Waals surface area (Å²) in [5.41, 5.74) is 0. The molecule has 0 saturated carbocycles. The average molecular weight is 411 g/mol. The third kappa shape index (κ3) is 5.14. The Kier molecular flexibility index (Phi) is 10.1. The molecule has 0 nitrogen and oxygen atoms in total. The summed E-state index contributed by atoms with van der Waals surface area (Å²) in [4.78, 5) is 0. The molecule has 1 rings (SSSR count). The summed E-state index contributed by atoms with van der Waals surface area (Å²) in [6, 6.07) is 0. The molecule has 0 radical (unpaired) electrons. The first-order chi connectivity index (χ1) is 10.7. The van der Waals surface area contributed by atoms with Crippen molar-refractivity contribution in [2.75, 3.05) is 0 Å². The van der Waals surface area contributed by atoms with E-state index in [9.17, 15) is 0 Å². The van der Waals surface area contributed by atoms with E-state index < -0.39 is 18.4 Å². The summed E-state index contributed by atoms with van der Waals surface area (Å²) < 4.78 is 5.45. The van der Waals surface area contributed by atoms with Crippen molar-refractivity contribution in [3.05, 3.63) is 24.3 Å². The van der Waals surface area contributed by atoms with Gasteiger partial charge in [-0.05, 0) is 0 Å². The Bertz CT molecular complexity index is 306. The van der Waals surface area contributed by atoms with Gasteiger partial charge < -0.3 is 0 Å². The van der Waals surface area contributed by atoms with Gasteiger partial charge in [0.2, 0.25) is 0 Å². The van der Waals surface area contributed by atoms with Crippen LogP contribution in [0.5, 0.6) is 0 Å². The van der Waals surface area contributed by atoms with Crippen molar-refractivity contribution in [1.82, 2.24) is 0 Å². The fourth-order valence-electron chi connectivity index (χ4n) is 4.38. The Morgan fingerprint density at radius 3 is 1.41 bits per heavy atom. The summed E-state index contributed by atoms with van der Waals surface area (Å²) in [6.07, 6.45) is 22.9. The molecule has 0 fully saturated rings. The molecule has 1 aliphatic carbocycles. The third-order valence-electron chi connectivity index (χ3n) is 5.86. The van der Waals surface area contributed by atoms with Crippen molar-refractivity contribution in [1.29, 1.82) is 0 Å². The van der Waals surface area contributed by atoms with E-state index in [1.54, 1.807) is 13.3 Å². The molecule has 1 aliphatic rings. The third-order valence-corrected chi connectivity index (χ3v) is 24.4. The molecule has 0 amide bonds. The van der Waals surface area contributed by atoms with Gasteiger partial charge in [-0.2, -0.15) is 0 Å². The molecule has 0 aromatic heterocycles. The number of hydrogen-bond donors (Lipinski definition) is 0. The van der Waals surface area contributed by atoms with Crippen LogP contribution in [-0.4, -0.2) is 18.4 Å². The van der Waals surface area contributed by atoms with Gasteiger partial charge in [-0.1, -0.05) is 0 Å². The SMILES string of the molecule is CCCC[C]1([Sn]([CH2]CCC)([CH2]CCC)[CH2]CCC)C=CC=C1. The Morgan fingerprint density at radius 2 is 1.05 bits per heavy atom. The molecule has 0 bridgehead atoms. The van der Waals surface area contributed by atoms with E-state index in [2.05, 4.69) is 52.0 Å². The van der Waals surface area contributed by atoms with Gasteiger partial charge in [0.25, 0.3) is 0 Å². The molecule has 0 aromatic carbocycles. The molecular formula is C21H40Sn. The molecular weight excluding hydrogens is 371 g/mol. The van der Waals surface area contributed by atoms with Crippen LogP contribution in [-0.2, 0) is 0 Å². The molecule has 0 atom stereocenters. The van der Waals surface area contributed by atoms with Crippen LogP contribution in [0.2, 0.25) is 16.7 Å². The van der Waals surface area contributed by atoms with Gasteiger partial charge in [-0.3, -0.25) is 0 Å². The first kappa shape index (κ1) is 20.3. The molecule has 0 saturated heterocycles. The molecule has 128 valence electrons. The number of allylic oxidation sites excluding steroid dienone is 4.